The van der Waals surface area contributed by atoms with Gasteiger partial charge in [0.25, 0.3) is 0 Å². The number of amides is 1. The third-order valence-electron chi connectivity index (χ3n) is 5.99. The van der Waals surface area contributed by atoms with Crippen molar-refractivity contribution in [3.8, 4) is 0 Å². The van der Waals surface area contributed by atoms with E-state index in [1.54, 1.807) is 29.2 Å². The van der Waals surface area contributed by atoms with Crippen LogP contribution in [-0.2, 0) is 14.8 Å². The molecule has 1 aromatic heterocycles. The average molecular weight is 487 g/mol. The number of rotatable bonds is 7. The second-order valence-corrected chi connectivity index (χ2v) is 11.7. The zero-order chi connectivity index (χ0) is 23.8. The van der Waals surface area contributed by atoms with E-state index in [9.17, 15) is 13.2 Å². The third kappa shape index (κ3) is 4.82. The van der Waals surface area contributed by atoms with Crippen molar-refractivity contribution in [2.75, 3.05) is 38.6 Å². The number of nitrogens with zero attached hydrogens (tertiary/aromatic N) is 4. The van der Waals surface area contributed by atoms with Gasteiger partial charge in [-0.3, -0.25) is 9.69 Å². The number of sulfonamides is 1. The molecule has 1 aliphatic rings. The van der Waals surface area contributed by atoms with Crippen LogP contribution in [0.5, 0.6) is 0 Å². The zero-order valence-electron chi connectivity index (χ0n) is 19.5. The molecule has 7 nitrogen and oxygen atoms in total. The highest BCUT2D eigenvalue weighted by molar-refractivity contribution is 7.89. The maximum Gasteiger partial charge on any atom is 0.247 e. The fraction of sp³-hybridized carbons (Fsp3) is 0.417. The Morgan fingerprint density at radius 2 is 1.85 bits per heavy atom. The number of likely N-dealkylation sites (N-methyl/N-ethyl adjacent to an activating group) is 1. The fourth-order valence-electron chi connectivity index (χ4n) is 4.09. The molecule has 1 atom stereocenters. The summed E-state index contributed by atoms with van der Waals surface area (Å²) in [6.07, 6.45) is 1.16. The van der Waals surface area contributed by atoms with Gasteiger partial charge < -0.3 is 4.90 Å². The molecule has 2 heterocycles. The van der Waals surface area contributed by atoms with Crippen LogP contribution in [-0.4, -0.2) is 68.3 Å². The van der Waals surface area contributed by atoms with Crippen molar-refractivity contribution >= 4 is 42.6 Å². The van der Waals surface area contributed by atoms with E-state index in [-0.39, 0.29) is 10.8 Å². The number of aryl methyl sites for hydroxylation is 2. The van der Waals surface area contributed by atoms with Gasteiger partial charge in [0.1, 0.15) is 6.04 Å². The van der Waals surface area contributed by atoms with Crippen LogP contribution in [0.15, 0.2) is 47.4 Å². The SMILES string of the molecule is Cc1ccc(S(=O)(=O)N2CCCC2C(=O)N(CCN(C)C)c2nc3c(C)cccc3s2)cc1. The first kappa shape index (κ1) is 23.8. The number of hydrogen-bond acceptors (Lipinski definition) is 6. The van der Waals surface area contributed by atoms with Crippen LogP contribution < -0.4 is 4.90 Å². The Morgan fingerprint density at radius 3 is 2.52 bits per heavy atom. The average Bonchev–Trinajstić information content (AvgIpc) is 3.42. The molecule has 1 unspecified atom stereocenters. The fourth-order valence-corrected chi connectivity index (χ4v) is 6.82. The molecule has 0 N–H and O–H groups in total. The van der Waals surface area contributed by atoms with Gasteiger partial charge in [0.15, 0.2) is 5.13 Å². The molecular weight excluding hydrogens is 456 g/mol. The minimum atomic E-state index is -3.77. The standard InChI is InChI=1S/C24H30N4O3S2/c1-17-10-12-19(13-11-17)33(30,31)28-14-6-8-20(28)23(29)27(16-15-26(3)4)24-25-22-18(2)7-5-9-21(22)32-24/h5,7,9-13,20H,6,8,14-16H2,1-4H3. The lowest BCUT2D eigenvalue weighted by Crippen LogP contribution is -2.49. The van der Waals surface area contributed by atoms with E-state index in [0.29, 0.717) is 37.6 Å². The maximum atomic E-state index is 13.8. The lowest BCUT2D eigenvalue weighted by atomic mass is 10.2. The quantitative estimate of drug-likeness (QED) is 0.510. The molecule has 0 radical (unpaired) electrons. The highest BCUT2D eigenvalue weighted by Gasteiger charge is 2.42. The first-order valence-corrected chi connectivity index (χ1v) is 13.3. The number of benzene rings is 2. The largest absolute Gasteiger partial charge is 0.308 e. The summed E-state index contributed by atoms with van der Waals surface area (Å²) in [6.45, 7) is 5.36. The van der Waals surface area contributed by atoms with E-state index in [4.69, 9.17) is 4.98 Å². The van der Waals surface area contributed by atoms with Gasteiger partial charge >= 0.3 is 0 Å². The molecule has 9 heteroatoms. The lowest BCUT2D eigenvalue weighted by molar-refractivity contribution is -0.121. The first-order valence-electron chi connectivity index (χ1n) is 11.1. The molecule has 2 aromatic carbocycles. The molecule has 0 bridgehead atoms. The van der Waals surface area contributed by atoms with Gasteiger partial charge in [0, 0.05) is 19.6 Å². The number of aromatic nitrogens is 1. The van der Waals surface area contributed by atoms with Gasteiger partial charge in [-0.25, -0.2) is 13.4 Å². The normalized spacial score (nSPS) is 17.2. The Morgan fingerprint density at radius 1 is 1.12 bits per heavy atom. The van der Waals surface area contributed by atoms with E-state index in [2.05, 4.69) is 0 Å². The minimum Gasteiger partial charge on any atom is -0.308 e. The smallest absolute Gasteiger partial charge is 0.247 e. The second kappa shape index (κ2) is 9.50. The summed E-state index contributed by atoms with van der Waals surface area (Å²) in [5.74, 6) is -0.207. The van der Waals surface area contributed by atoms with Gasteiger partial charge in [-0.1, -0.05) is 41.2 Å². The first-order chi connectivity index (χ1) is 15.7. The number of carbonyl (C=O) groups is 1. The van der Waals surface area contributed by atoms with E-state index < -0.39 is 16.1 Å². The molecule has 1 amide bonds. The van der Waals surface area contributed by atoms with Crippen molar-refractivity contribution in [1.82, 2.24) is 14.2 Å². The maximum absolute atomic E-state index is 13.8. The summed E-state index contributed by atoms with van der Waals surface area (Å²) in [5.41, 5.74) is 2.93. The molecular formula is C24H30N4O3S2. The number of anilines is 1. The molecule has 33 heavy (non-hydrogen) atoms. The summed E-state index contributed by atoms with van der Waals surface area (Å²) < 4.78 is 29.2. The van der Waals surface area contributed by atoms with E-state index in [1.165, 1.54) is 15.6 Å². The van der Waals surface area contributed by atoms with Crippen LogP contribution in [0.4, 0.5) is 5.13 Å². The van der Waals surface area contributed by atoms with Crippen molar-refractivity contribution < 1.29 is 13.2 Å². The number of carbonyl (C=O) groups excluding carboxylic acids is 1. The Labute approximate surface area is 199 Å². The summed E-state index contributed by atoms with van der Waals surface area (Å²) >= 11 is 1.47. The molecule has 0 saturated carbocycles. The van der Waals surface area contributed by atoms with E-state index >= 15 is 0 Å². The number of thiazole rings is 1. The molecule has 1 saturated heterocycles. The molecule has 0 spiro atoms. The van der Waals surface area contributed by atoms with Crippen molar-refractivity contribution in [2.24, 2.45) is 0 Å². The summed E-state index contributed by atoms with van der Waals surface area (Å²) in [6, 6.07) is 12.1. The van der Waals surface area contributed by atoms with Gasteiger partial charge in [0.2, 0.25) is 15.9 Å². The van der Waals surface area contributed by atoms with Crippen LogP contribution in [0.1, 0.15) is 24.0 Å². The van der Waals surface area contributed by atoms with Gasteiger partial charge in [-0.05, 0) is 64.5 Å². The van der Waals surface area contributed by atoms with Crippen molar-refractivity contribution in [3.05, 3.63) is 53.6 Å². The minimum absolute atomic E-state index is 0.207. The van der Waals surface area contributed by atoms with Crippen molar-refractivity contribution in [2.45, 2.75) is 37.6 Å². The number of hydrogen-bond donors (Lipinski definition) is 0. The van der Waals surface area contributed by atoms with Crippen LogP contribution in [0.3, 0.4) is 0 Å². The van der Waals surface area contributed by atoms with Gasteiger partial charge in [0.05, 0.1) is 15.1 Å². The Bertz CT molecular complexity index is 1250. The predicted molar refractivity (Wildman–Crippen MR) is 133 cm³/mol. The van der Waals surface area contributed by atoms with Crippen molar-refractivity contribution in [3.63, 3.8) is 0 Å². The van der Waals surface area contributed by atoms with E-state index in [0.717, 1.165) is 21.3 Å². The molecule has 4 rings (SSSR count). The summed E-state index contributed by atoms with van der Waals surface area (Å²) in [7, 11) is 0.137. The lowest BCUT2D eigenvalue weighted by Gasteiger charge is -2.29. The number of fused-ring (bicyclic) bond motifs is 1. The van der Waals surface area contributed by atoms with Crippen LogP contribution >= 0.6 is 11.3 Å². The van der Waals surface area contributed by atoms with Crippen LogP contribution in [0, 0.1) is 13.8 Å². The monoisotopic (exact) mass is 486 g/mol. The van der Waals surface area contributed by atoms with Gasteiger partial charge in [-0.15, -0.1) is 0 Å². The zero-order valence-corrected chi connectivity index (χ0v) is 21.1. The molecule has 3 aromatic rings. The second-order valence-electron chi connectivity index (χ2n) is 8.80. The van der Waals surface area contributed by atoms with Gasteiger partial charge in [-0.2, -0.15) is 4.31 Å². The Balaban J connectivity index is 1.68. The summed E-state index contributed by atoms with van der Waals surface area (Å²) in [5, 5.41) is 0.616. The predicted octanol–water partition coefficient (Wildman–Crippen LogP) is 3.66. The van der Waals surface area contributed by atoms with Crippen LogP contribution in [0.2, 0.25) is 0 Å². The topological polar surface area (TPSA) is 73.8 Å². The molecule has 1 aliphatic heterocycles. The summed E-state index contributed by atoms with van der Waals surface area (Å²) in [4.78, 5) is 22.5. The van der Waals surface area contributed by atoms with Crippen molar-refractivity contribution in [1.29, 1.82) is 0 Å². The Hall–Kier alpha value is -2.33. The third-order valence-corrected chi connectivity index (χ3v) is 8.96. The molecule has 0 aliphatic carbocycles. The highest BCUT2D eigenvalue weighted by Crippen LogP contribution is 2.33. The highest BCUT2D eigenvalue weighted by atomic mass is 32.2. The molecule has 176 valence electrons. The number of para-hydroxylation sites is 1. The molecule has 1 fully saturated rings. The van der Waals surface area contributed by atoms with E-state index in [1.807, 2.05) is 51.0 Å². The Kier molecular flexibility index (Phi) is 6.86. The van der Waals surface area contributed by atoms with Crippen LogP contribution in [0.25, 0.3) is 10.2 Å².